The van der Waals surface area contributed by atoms with Crippen LogP contribution in [0.1, 0.15) is 5.69 Å². The number of nitrogens with zero attached hydrogens (tertiary/aromatic N) is 3. The van der Waals surface area contributed by atoms with E-state index in [1.807, 2.05) is 0 Å². The fraction of sp³-hybridized carbons (Fsp3) is 0.143. The van der Waals surface area contributed by atoms with Crippen LogP contribution in [0.15, 0.2) is 12.4 Å². The van der Waals surface area contributed by atoms with Gasteiger partial charge in [-0.05, 0) is 6.92 Å². The lowest BCUT2D eigenvalue weighted by molar-refractivity contribution is 0.470. The lowest BCUT2D eigenvalue weighted by Gasteiger charge is -1.96. The predicted molar refractivity (Wildman–Crippen MR) is 43.8 cm³/mol. The third-order valence-corrected chi connectivity index (χ3v) is 1.82. The van der Waals surface area contributed by atoms with E-state index in [1.165, 1.54) is 6.33 Å². The number of aromatic hydroxyl groups is 1. The average Bonchev–Trinajstić information content (AvgIpc) is 2.32. The summed E-state index contributed by atoms with van der Waals surface area (Å²) in [6.07, 6.45) is 1.36. The van der Waals surface area contributed by atoms with Crippen molar-refractivity contribution in [2.45, 2.75) is 6.92 Å². The number of nitrogen functional groups attached to an aromatic ring is 1. The molecule has 0 bridgehead atoms. The molecule has 5 heteroatoms. The van der Waals surface area contributed by atoms with Crippen LogP contribution in [0.3, 0.4) is 0 Å². The van der Waals surface area contributed by atoms with E-state index in [0.29, 0.717) is 17.0 Å². The molecule has 0 saturated carbocycles. The summed E-state index contributed by atoms with van der Waals surface area (Å²) in [5.74, 6) is 0.551. The Morgan fingerprint density at radius 1 is 1.58 bits per heavy atom. The average molecular weight is 164 g/mol. The van der Waals surface area contributed by atoms with Crippen LogP contribution >= 0.6 is 0 Å². The summed E-state index contributed by atoms with van der Waals surface area (Å²) >= 11 is 0. The van der Waals surface area contributed by atoms with Crippen LogP contribution < -0.4 is 5.73 Å². The Labute approximate surface area is 68.5 Å². The van der Waals surface area contributed by atoms with Crippen LogP contribution in [0.5, 0.6) is 5.75 Å². The van der Waals surface area contributed by atoms with E-state index < -0.39 is 0 Å². The fourth-order valence-electron chi connectivity index (χ4n) is 1.12. The third kappa shape index (κ3) is 0.730. The van der Waals surface area contributed by atoms with Gasteiger partial charge in [0, 0.05) is 6.07 Å². The molecule has 2 aromatic heterocycles. The van der Waals surface area contributed by atoms with E-state index in [-0.39, 0.29) is 5.75 Å². The molecule has 0 aromatic carbocycles. The first kappa shape index (κ1) is 6.90. The number of hydrogen-bond acceptors (Lipinski definition) is 4. The summed E-state index contributed by atoms with van der Waals surface area (Å²) in [5.41, 5.74) is 6.85. The van der Waals surface area contributed by atoms with Gasteiger partial charge < -0.3 is 10.8 Å². The first-order valence-corrected chi connectivity index (χ1v) is 3.48. The monoisotopic (exact) mass is 164 g/mol. The van der Waals surface area contributed by atoms with Crippen LogP contribution in [-0.2, 0) is 0 Å². The van der Waals surface area contributed by atoms with Crippen LogP contribution in [0.4, 0.5) is 5.82 Å². The molecule has 12 heavy (non-hydrogen) atoms. The fourth-order valence-corrected chi connectivity index (χ4v) is 1.12. The summed E-state index contributed by atoms with van der Waals surface area (Å²) < 4.78 is 1.55. The number of nitrogens with two attached hydrogens (primary N) is 1. The van der Waals surface area contributed by atoms with Crippen molar-refractivity contribution in [1.82, 2.24) is 14.6 Å². The first-order chi connectivity index (χ1) is 5.70. The number of fused-ring (bicyclic) bond motifs is 1. The third-order valence-electron chi connectivity index (χ3n) is 1.82. The number of aryl methyl sites for hydroxylation is 1. The molecule has 0 saturated heterocycles. The Balaban J connectivity index is 2.95. The maximum absolute atomic E-state index is 9.32. The van der Waals surface area contributed by atoms with Gasteiger partial charge in [0.05, 0.1) is 5.69 Å². The second-order valence-electron chi connectivity index (χ2n) is 2.56. The zero-order valence-electron chi connectivity index (χ0n) is 6.52. The van der Waals surface area contributed by atoms with Crippen LogP contribution in [-0.4, -0.2) is 19.7 Å². The van der Waals surface area contributed by atoms with Gasteiger partial charge in [-0.1, -0.05) is 0 Å². The van der Waals surface area contributed by atoms with Crippen LogP contribution in [0.25, 0.3) is 5.52 Å². The largest absolute Gasteiger partial charge is 0.506 e. The molecule has 0 unspecified atom stereocenters. The number of hydrogen-bond donors (Lipinski definition) is 2. The van der Waals surface area contributed by atoms with Crippen molar-refractivity contribution in [1.29, 1.82) is 0 Å². The van der Waals surface area contributed by atoms with Gasteiger partial charge in [-0.15, -0.1) is 0 Å². The normalized spacial score (nSPS) is 10.8. The molecular weight excluding hydrogens is 156 g/mol. The molecule has 0 aliphatic heterocycles. The van der Waals surface area contributed by atoms with E-state index in [1.54, 1.807) is 17.5 Å². The molecule has 5 nitrogen and oxygen atoms in total. The summed E-state index contributed by atoms with van der Waals surface area (Å²) in [6.45, 7) is 1.76. The molecule has 0 atom stereocenters. The molecular formula is C7H8N4O. The first-order valence-electron chi connectivity index (χ1n) is 3.48. The summed E-state index contributed by atoms with van der Waals surface area (Å²) in [7, 11) is 0. The van der Waals surface area contributed by atoms with Gasteiger partial charge in [0.25, 0.3) is 0 Å². The molecule has 2 heterocycles. The van der Waals surface area contributed by atoms with Gasteiger partial charge in [-0.3, -0.25) is 0 Å². The smallest absolute Gasteiger partial charge is 0.151 e. The van der Waals surface area contributed by atoms with Crippen molar-refractivity contribution in [2.75, 3.05) is 5.73 Å². The van der Waals surface area contributed by atoms with Gasteiger partial charge in [-0.25, -0.2) is 9.50 Å². The molecule has 0 fully saturated rings. The van der Waals surface area contributed by atoms with Crippen molar-refractivity contribution < 1.29 is 5.11 Å². The van der Waals surface area contributed by atoms with E-state index in [4.69, 9.17) is 5.73 Å². The maximum atomic E-state index is 9.32. The molecule has 2 aromatic rings. The zero-order chi connectivity index (χ0) is 8.72. The quantitative estimate of drug-likeness (QED) is 0.588. The summed E-state index contributed by atoms with van der Waals surface area (Å²) in [4.78, 5) is 3.80. The van der Waals surface area contributed by atoms with Gasteiger partial charge in [0.15, 0.2) is 5.82 Å². The lowest BCUT2D eigenvalue weighted by atomic mass is 10.4. The number of anilines is 1. The van der Waals surface area contributed by atoms with E-state index in [0.717, 1.165) is 0 Å². The Bertz CT molecular complexity index is 434. The van der Waals surface area contributed by atoms with Crippen molar-refractivity contribution >= 4 is 11.3 Å². The number of aromatic nitrogens is 3. The molecule has 2 rings (SSSR count). The van der Waals surface area contributed by atoms with Crippen molar-refractivity contribution in [2.24, 2.45) is 0 Å². The highest BCUT2D eigenvalue weighted by Crippen LogP contribution is 2.22. The van der Waals surface area contributed by atoms with Crippen LogP contribution in [0.2, 0.25) is 0 Å². The lowest BCUT2D eigenvalue weighted by Crippen LogP contribution is -1.99. The molecule has 0 aliphatic rings. The SMILES string of the molecule is Cc1c(O)cc2c(N)ncnn12. The van der Waals surface area contributed by atoms with Crippen molar-refractivity contribution in [3.63, 3.8) is 0 Å². The van der Waals surface area contributed by atoms with Gasteiger partial charge >= 0.3 is 0 Å². The molecule has 0 amide bonds. The topological polar surface area (TPSA) is 76.4 Å². The Morgan fingerprint density at radius 3 is 3.00 bits per heavy atom. The minimum atomic E-state index is 0.183. The second kappa shape index (κ2) is 2.10. The summed E-state index contributed by atoms with van der Waals surface area (Å²) in [6, 6.07) is 1.55. The molecule has 0 radical (unpaired) electrons. The maximum Gasteiger partial charge on any atom is 0.151 e. The Hall–Kier alpha value is -1.78. The summed E-state index contributed by atoms with van der Waals surface area (Å²) in [5, 5.41) is 13.3. The van der Waals surface area contributed by atoms with E-state index in [9.17, 15) is 5.11 Å². The van der Waals surface area contributed by atoms with Gasteiger partial charge in [0.1, 0.15) is 17.6 Å². The highest BCUT2D eigenvalue weighted by molar-refractivity contribution is 5.68. The highest BCUT2D eigenvalue weighted by Gasteiger charge is 2.07. The van der Waals surface area contributed by atoms with E-state index >= 15 is 0 Å². The molecule has 0 aliphatic carbocycles. The second-order valence-corrected chi connectivity index (χ2v) is 2.56. The zero-order valence-corrected chi connectivity index (χ0v) is 6.52. The van der Waals surface area contributed by atoms with Gasteiger partial charge in [-0.2, -0.15) is 5.10 Å². The molecule has 3 N–H and O–H groups in total. The molecule has 0 spiro atoms. The minimum absolute atomic E-state index is 0.183. The van der Waals surface area contributed by atoms with Gasteiger partial charge in [0.2, 0.25) is 0 Å². The van der Waals surface area contributed by atoms with Crippen LogP contribution in [0, 0.1) is 6.92 Å². The predicted octanol–water partition coefficient (Wildman–Crippen LogP) is 0.326. The molecule has 62 valence electrons. The number of rotatable bonds is 0. The highest BCUT2D eigenvalue weighted by atomic mass is 16.3. The minimum Gasteiger partial charge on any atom is -0.506 e. The Kier molecular flexibility index (Phi) is 1.21. The van der Waals surface area contributed by atoms with Crippen molar-refractivity contribution in [3.05, 3.63) is 18.1 Å². The van der Waals surface area contributed by atoms with E-state index in [2.05, 4.69) is 10.1 Å². The standard InChI is InChI=1S/C7H8N4O/c1-4-6(12)2-5-7(8)9-3-10-11(4)5/h2-3,12H,1H3,(H2,8,9,10). The Morgan fingerprint density at radius 2 is 2.33 bits per heavy atom. The van der Waals surface area contributed by atoms with Crippen molar-refractivity contribution in [3.8, 4) is 5.75 Å².